The van der Waals surface area contributed by atoms with Crippen LogP contribution in [-0.2, 0) is 6.54 Å². The van der Waals surface area contributed by atoms with Gasteiger partial charge in [0.15, 0.2) is 0 Å². The Morgan fingerprint density at radius 1 is 1.00 bits per heavy atom. The van der Waals surface area contributed by atoms with Gasteiger partial charge < -0.3 is 10.6 Å². The van der Waals surface area contributed by atoms with Gasteiger partial charge >= 0.3 is 0 Å². The summed E-state index contributed by atoms with van der Waals surface area (Å²) in [5.41, 5.74) is 11.2. The third-order valence-electron chi connectivity index (χ3n) is 3.25. The second kappa shape index (κ2) is 6.00. The Morgan fingerprint density at radius 2 is 1.68 bits per heavy atom. The molecule has 2 aromatic carbocycles. The van der Waals surface area contributed by atoms with E-state index in [1.54, 1.807) is 0 Å². The molecule has 100 valence electrons. The van der Waals surface area contributed by atoms with Crippen LogP contribution in [0.5, 0.6) is 0 Å². The second-order valence-electron chi connectivity index (χ2n) is 5.37. The smallest absolute Gasteiger partial charge is 0.0551 e. The Kier molecular flexibility index (Phi) is 4.35. The van der Waals surface area contributed by atoms with Crippen molar-refractivity contribution in [2.45, 2.75) is 19.5 Å². The lowest BCUT2D eigenvalue weighted by atomic mass is 9.97. The predicted molar refractivity (Wildman–Crippen MR) is 81.0 cm³/mol. The van der Waals surface area contributed by atoms with E-state index in [2.05, 4.69) is 74.4 Å². The fourth-order valence-electron chi connectivity index (χ4n) is 2.22. The maximum Gasteiger partial charge on any atom is 0.0551 e. The number of hydrogen-bond donors (Lipinski definition) is 1. The van der Waals surface area contributed by atoms with Crippen LogP contribution in [0.2, 0.25) is 0 Å². The van der Waals surface area contributed by atoms with Gasteiger partial charge in [-0.2, -0.15) is 0 Å². The highest BCUT2D eigenvalue weighted by atomic mass is 15.0. The van der Waals surface area contributed by atoms with Crippen molar-refractivity contribution in [3.05, 3.63) is 70.8 Å². The van der Waals surface area contributed by atoms with E-state index in [0.29, 0.717) is 0 Å². The maximum atomic E-state index is 6.35. The molecule has 0 aliphatic carbocycles. The van der Waals surface area contributed by atoms with Gasteiger partial charge in [0.25, 0.3) is 0 Å². The summed E-state index contributed by atoms with van der Waals surface area (Å²) < 4.78 is 0. The largest absolute Gasteiger partial charge is 0.320 e. The molecule has 0 bridgehead atoms. The number of rotatable bonds is 4. The standard InChI is InChI=1S/C17H22N2/c1-13-7-9-15(10-8-13)17(18)16-6-4-5-14(11-16)12-19(2)3/h4-11,17H,12,18H2,1-3H3. The Morgan fingerprint density at radius 3 is 2.32 bits per heavy atom. The van der Waals surface area contributed by atoms with E-state index in [9.17, 15) is 0 Å². The molecule has 2 heteroatoms. The molecule has 0 saturated carbocycles. The highest BCUT2D eigenvalue weighted by Gasteiger charge is 2.09. The molecule has 2 rings (SSSR count). The first-order valence-electron chi connectivity index (χ1n) is 6.62. The molecular weight excluding hydrogens is 232 g/mol. The average molecular weight is 254 g/mol. The number of nitrogens with two attached hydrogens (primary N) is 1. The molecule has 0 fully saturated rings. The average Bonchev–Trinajstić information content (AvgIpc) is 2.38. The van der Waals surface area contributed by atoms with Crippen molar-refractivity contribution in [3.63, 3.8) is 0 Å². The minimum Gasteiger partial charge on any atom is -0.320 e. The van der Waals surface area contributed by atoms with Gasteiger partial charge in [-0.05, 0) is 37.7 Å². The minimum absolute atomic E-state index is 0.0530. The first kappa shape index (κ1) is 13.8. The van der Waals surface area contributed by atoms with Crippen LogP contribution < -0.4 is 5.73 Å². The lowest BCUT2D eigenvalue weighted by Crippen LogP contribution is -2.14. The minimum atomic E-state index is -0.0530. The summed E-state index contributed by atoms with van der Waals surface area (Å²) in [6, 6.07) is 16.9. The molecule has 19 heavy (non-hydrogen) atoms. The molecule has 0 aromatic heterocycles. The summed E-state index contributed by atoms with van der Waals surface area (Å²) in [7, 11) is 4.15. The van der Waals surface area contributed by atoms with Gasteiger partial charge in [-0.15, -0.1) is 0 Å². The number of nitrogens with zero attached hydrogens (tertiary/aromatic N) is 1. The van der Waals surface area contributed by atoms with Crippen molar-refractivity contribution in [3.8, 4) is 0 Å². The molecule has 2 aromatic rings. The molecule has 1 atom stereocenters. The van der Waals surface area contributed by atoms with Crippen LogP contribution in [0.1, 0.15) is 28.3 Å². The van der Waals surface area contributed by atoms with Crippen LogP contribution >= 0.6 is 0 Å². The molecule has 0 aliphatic rings. The van der Waals surface area contributed by atoms with Crippen molar-refractivity contribution in [1.82, 2.24) is 4.90 Å². The third kappa shape index (κ3) is 3.66. The van der Waals surface area contributed by atoms with Gasteiger partial charge in [0, 0.05) is 6.54 Å². The van der Waals surface area contributed by atoms with Crippen molar-refractivity contribution in [2.24, 2.45) is 5.73 Å². The fraction of sp³-hybridized carbons (Fsp3) is 0.294. The van der Waals surface area contributed by atoms with E-state index in [1.165, 1.54) is 16.7 Å². The van der Waals surface area contributed by atoms with E-state index in [1.807, 2.05) is 0 Å². The van der Waals surface area contributed by atoms with Crippen LogP contribution in [0.15, 0.2) is 48.5 Å². The van der Waals surface area contributed by atoms with Gasteiger partial charge in [-0.25, -0.2) is 0 Å². The highest BCUT2D eigenvalue weighted by molar-refractivity contribution is 5.35. The summed E-state index contributed by atoms with van der Waals surface area (Å²) in [5, 5.41) is 0. The quantitative estimate of drug-likeness (QED) is 0.908. The summed E-state index contributed by atoms with van der Waals surface area (Å²) >= 11 is 0. The lowest BCUT2D eigenvalue weighted by molar-refractivity contribution is 0.402. The van der Waals surface area contributed by atoms with E-state index < -0.39 is 0 Å². The van der Waals surface area contributed by atoms with Crippen molar-refractivity contribution in [2.75, 3.05) is 14.1 Å². The van der Waals surface area contributed by atoms with Gasteiger partial charge in [0.2, 0.25) is 0 Å². The summed E-state index contributed by atoms with van der Waals surface area (Å²) in [5.74, 6) is 0. The molecule has 0 radical (unpaired) electrons. The van der Waals surface area contributed by atoms with Gasteiger partial charge in [-0.3, -0.25) is 0 Å². The van der Waals surface area contributed by atoms with Crippen LogP contribution in [0, 0.1) is 6.92 Å². The lowest BCUT2D eigenvalue weighted by Gasteiger charge is -2.15. The molecule has 0 heterocycles. The fourth-order valence-corrected chi connectivity index (χ4v) is 2.22. The predicted octanol–water partition coefficient (Wildman–Crippen LogP) is 3.10. The zero-order chi connectivity index (χ0) is 13.8. The molecule has 0 aliphatic heterocycles. The number of aryl methyl sites for hydroxylation is 1. The van der Waals surface area contributed by atoms with Crippen LogP contribution in [0.3, 0.4) is 0 Å². The Balaban J connectivity index is 2.23. The second-order valence-corrected chi connectivity index (χ2v) is 5.37. The van der Waals surface area contributed by atoms with Gasteiger partial charge in [-0.1, -0.05) is 54.1 Å². The molecule has 0 amide bonds. The topological polar surface area (TPSA) is 29.3 Å². The van der Waals surface area contributed by atoms with Gasteiger partial charge in [0.05, 0.1) is 6.04 Å². The summed E-state index contributed by atoms with van der Waals surface area (Å²) in [4.78, 5) is 2.16. The zero-order valence-corrected chi connectivity index (χ0v) is 11.9. The van der Waals surface area contributed by atoms with Crippen molar-refractivity contribution in [1.29, 1.82) is 0 Å². The number of hydrogen-bond acceptors (Lipinski definition) is 2. The van der Waals surface area contributed by atoms with E-state index in [-0.39, 0.29) is 6.04 Å². The highest BCUT2D eigenvalue weighted by Crippen LogP contribution is 2.21. The monoisotopic (exact) mass is 254 g/mol. The third-order valence-corrected chi connectivity index (χ3v) is 3.25. The van der Waals surface area contributed by atoms with Crippen molar-refractivity contribution >= 4 is 0 Å². The van der Waals surface area contributed by atoms with Crippen molar-refractivity contribution < 1.29 is 0 Å². The molecule has 2 N–H and O–H groups in total. The first-order valence-corrected chi connectivity index (χ1v) is 6.62. The van der Waals surface area contributed by atoms with E-state index in [4.69, 9.17) is 5.73 Å². The Labute approximate surface area is 115 Å². The van der Waals surface area contributed by atoms with E-state index in [0.717, 1.165) is 12.1 Å². The zero-order valence-electron chi connectivity index (χ0n) is 11.9. The molecule has 1 unspecified atom stereocenters. The molecular formula is C17H22N2. The molecule has 2 nitrogen and oxygen atoms in total. The first-order chi connectivity index (χ1) is 9.06. The van der Waals surface area contributed by atoms with Crippen LogP contribution in [0.25, 0.3) is 0 Å². The molecule has 0 saturated heterocycles. The molecule has 0 spiro atoms. The van der Waals surface area contributed by atoms with Gasteiger partial charge in [0.1, 0.15) is 0 Å². The van der Waals surface area contributed by atoms with Crippen LogP contribution in [0.4, 0.5) is 0 Å². The van der Waals surface area contributed by atoms with E-state index >= 15 is 0 Å². The maximum absolute atomic E-state index is 6.35. The Bertz CT molecular complexity index is 529. The summed E-state index contributed by atoms with van der Waals surface area (Å²) in [6.45, 7) is 3.03. The normalized spacial score (nSPS) is 12.7. The number of benzene rings is 2. The summed E-state index contributed by atoms with van der Waals surface area (Å²) in [6.07, 6.45) is 0. The SMILES string of the molecule is Cc1ccc(C(N)c2cccc(CN(C)C)c2)cc1. The van der Waals surface area contributed by atoms with Crippen LogP contribution in [-0.4, -0.2) is 19.0 Å². The Hall–Kier alpha value is -1.64.